The van der Waals surface area contributed by atoms with Crippen molar-refractivity contribution in [2.24, 2.45) is 0 Å². The Morgan fingerprint density at radius 3 is 2.72 bits per heavy atom. The van der Waals surface area contributed by atoms with Crippen molar-refractivity contribution in [3.63, 3.8) is 0 Å². The van der Waals surface area contributed by atoms with E-state index in [1.165, 1.54) is 11.3 Å². The second-order valence-corrected chi connectivity index (χ2v) is 7.23. The Balaban J connectivity index is 1.73. The van der Waals surface area contributed by atoms with Crippen molar-refractivity contribution in [3.05, 3.63) is 62.9 Å². The standard InChI is InChI=1S/C18H14BrClN2O2S/c1-2-24-16-8-5-12(9-14(16)19)17(23)22-18-21-15(10-25-18)11-3-6-13(20)7-4-11/h3-10H,2H2,1H3,(H,21,22,23). The highest BCUT2D eigenvalue weighted by Crippen LogP contribution is 2.28. The molecule has 0 saturated carbocycles. The molecule has 1 N–H and O–H groups in total. The molecule has 2 aromatic carbocycles. The normalized spacial score (nSPS) is 10.5. The smallest absolute Gasteiger partial charge is 0.257 e. The molecule has 3 rings (SSSR count). The maximum Gasteiger partial charge on any atom is 0.257 e. The molecule has 128 valence electrons. The van der Waals surface area contributed by atoms with Gasteiger partial charge in [0, 0.05) is 21.5 Å². The first-order valence-electron chi connectivity index (χ1n) is 7.52. The number of nitrogens with one attached hydrogen (secondary N) is 1. The highest BCUT2D eigenvalue weighted by atomic mass is 79.9. The van der Waals surface area contributed by atoms with E-state index in [0.29, 0.717) is 28.1 Å². The Labute approximate surface area is 162 Å². The molecule has 4 nitrogen and oxygen atoms in total. The molecule has 0 aliphatic carbocycles. The van der Waals surface area contributed by atoms with Crippen molar-refractivity contribution in [1.29, 1.82) is 0 Å². The Hall–Kier alpha value is -1.89. The van der Waals surface area contributed by atoms with Gasteiger partial charge < -0.3 is 4.74 Å². The Morgan fingerprint density at radius 1 is 1.28 bits per heavy atom. The number of aromatic nitrogens is 1. The Morgan fingerprint density at radius 2 is 2.04 bits per heavy atom. The molecular weight excluding hydrogens is 424 g/mol. The van der Waals surface area contributed by atoms with Gasteiger partial charge in [-0.15, -0.1) is 11.3 Å². The van der Waals surface area contributed by atoms with E-state index in [2.05, 4.69) is 26.2 Å². The molecule has 0 atom stereocenters. The number of benzene rings is 2. The van der Waals surface area contributed by atoms with Gasteiger partial charge >= 0.3 is 0 Å². The molecule has 0 radical (unpaired) electrons. The molecular formula is C18H14BrClN2O2S. The van der Waals surface area contributed by atoms with Gasteiger partial charge in [0.2, 0.25) is 0 Å². The molecule has 1 amide bonds. The van der Waals surface area contributed by atoms with E-state index in [-0.39, 0.29) is 5.91 Å². The van der Waals surface area contributed by atoms with Crippen molar-refractivity contribution in [2.45, 2.75) is 6.92 Å². The lowest BCUT2D eigenvalue weighted by molar-refractivity contribution is 0.102. The molecule has 0 aliphatic rings. The third-order valence-corrected chi connectivity index (χ3v) is 4.99. The highest BCUT2D eigenvalue weighted by molar-refractivity contribution is 9.10. The van der Waals surface area contributed by atoms with Gasteiger partial charge in [0.1, 0.15) is 5.75 Å². The SMILES string of the molecule is CCOc1ccc(C(=O)Nc2nc(-c3ccc(Cl)cc3)cs2)cc1Br. The van der Waals surface area contributed by atoms with Crippen LogP contribution in [0.4, 0.5) is 5.13 Å². The third-order valence-electron chi connectivity index (χ3n) is 3.36. The van der Waals surface area contributed by atoms with Crippen LogP contribution in [0.5, 0.6) is 5.75 Å². The van der Waals surface area contributed by atoms with Crippen LogP contribution >= 0.6 is 38.9 Å². The van der Waals surface area contributed by atoms with Crippen LogP contribution in [0.15, 0.2) is 52.3 Å². The van der Waals surface area contributed by atoms with Crippen LogP contribution < -0.4 is 10.1 Å². The molecule has 0 spiro atoms. The van der Waals surface area contributed by atoms with Crippen LogP contribution in [0.3, 0.4) is 0 Å². The molecule has 0 saturated heterocycles. The van der Waals surface area contributed by atoms with E-state index in [1.54, 1.807) is 18.2 Å². The van der Waals surface area contributed by atoms with Crippen molar-refractivity contribution < 1.29 is 9.53 Å². The summed E-state index contributed by atoms with van der Waals surface area (Å²) in [5.74, 6) is 0.485. The molecule has 1 aromatic heterocycles. The summed E-state index contributed by atoms with van der Waals surface area (Å²) in [6, 6.07) is 12.6. The van der Waals surface area contributed by atoms with Crippen LogP contribution in [-0.2, 0) is 0 Å². The van der Waals surface area contributed by atoms with Crippen molar-refractivity contribution >= 4 is 49.9 Å². The van der Waals surface area contributed by atoms with E-state index >= 15 is 0 Å². The summed E-state index contributed by atoms with van der Waals surface area (Å²) in [6.07, 6.45) is 0. The Kier molecular flexibility index (Phi) is 5.73. The van der Waals surface area contributed by atoms with Crippen LogP contribution in [-0.4, -0.2) is 17.5 Å². The predicted octanol–water partition coefficient (Wildman–Crippen LogP) is 5.88. The van der Waals surface area contributed by atoms with Crippen LogP contribution in [0.1, 0.15) is 17.3 Å². The Bertz CT molecular complexity index is 896. The summed E-state index contributed by atoms with van der Waals surface area (Å²) in [5.41, 5.74) is 2.27. The largest absolute Gasteiger partial charge is 0.493 e. The van der Waals surface area contributed by atoms with E-state index in [0.717, 1.165) is 15.7 Å². The van der Waals surface area contributed by atoms with E-state index in [4.69, 9.17) is 16.3 Å². The number of thiazole rings is 1. The summed E-state index contributed by atoms with van der Waals surface area (Å²) in [4.78, 5) is 16.9. The number of nitrogens with zero attached hydrogens (tertiary/aromatic N) is 1. The van der Waals surface area contributed by atoms with Crippen molar-refractivity contribution in [1.82, 2.24) is 4.98 Å². The second kappa shape index (κ2) is 7.99. The summed E-state index contributed by atoms with van der Waals surface area (Å²) >= 11 is 10.7. The van der Waals surface area contributed by atoms with Gasteiger partial charge in [-0.25, -0.2) is 4.98 Å². The molecule has 0 unspecified atom stereocenters. The summed E-state index contributed by atoms with van der Waals surface area (Å²) in [6.45, 7) is 2.48. The van der Waals surface area contributed by atoms with Crippen molar-refractivity contribution in [3.8, 4) is 17.0 Å². The number of halogens is 2. The molecule has 25 heavy (non-hydrogen) atoms. The van der Waals surface area contributed by atoms with E-state index in [9.17, 15) is 4.79 Å². The number of rotatable bonds is 5. The molecule has 1 heterocycles. The zero-order chi connectivity index (χ0) is 17.8. The predicted molar refractivity (Wildman–Crippen MR) is 106 cm³/mol. The maximum atomic E-state index is 12.4. The topological polar surface area (TPSA) is 51.2 Å². The molecule has 7 heteroatoms. The lowest BCUT2D eigenvalue weighted by Gasteiger charge is -2.07. The lowest BCUT2D eigenvalue weighted by Crippen LogP contribution is -2.11. The average Bonchev–Trinajstić information content (AvgIpc) is 3.06. The van der Waals surface area contributed by atoms with Crippen LogP contribution in [0.2, 0.25) is 5.02 Å². The maximum absolute atomic E-state index is 12.4. The zero-order valence-electron chi connectivity index (χ0n) is 13.3. The number of carbonyl (C=O) groups is 1. The van der Waals surface area contributed by atoms with Crippen LogP contribution in [0, 0.1) is 0 Å². The van der Waals surface area contributed by atoms with Gasteiger partial charge in [-0.3, -0.25) is 10.1 Å². The van der Waals surface area contributed by atoms with Gasteiger partial charge in [0.05, 0.1) is 16.8 Å². The van der Waals surface area contributed by atoms with Crippen LogP contribution in [0.25, 0.3) is 11.3 Å². The quantitative estimate of drug-likeness (QED) is 0.542. The first-order valence-corrected chi connectivity index (χ1v) is 9.57. The minimum atomic E-state index is -0.222. The molecule has 0 aliphatic heterocycles. The number of anilines is 1. The van der Waals surface area contributed by atoms with E-state index in [1.807, 2.05) is 36.6 Å². The summed E-state index contributed by atoms with van der Waals surface area (Å²) in [7, 11) is 0. The minimum Gasteiger partial charge on any atom is -0.493 e. The lowest BCUT2D eigenvalue weighted by atomic mass is 10.2. The second-order valence-electron chi connectivity index (χ2n) is 5.08. The minimum absolute atomic E-state index is 0.222. The first kappa shape index (κ1) is 17.9. The van der Waals surface area contributed by atoms with E-state index < -0.39 is 0 Å². The first-order chi connectivity index (χ1) is 12.1. The summed E-state index contributed by atoms with van der Waals surface area (Å²) < 4.78 is 6.19. The number of hydrogen-bond donors (Lipinski definition) is 1. The van der Waals surface area contributed by atoms with Gasteiger partial charge in [-0.2, -0.15) is 0 Å². The molecule has 0 fully saturated rings. The fourth-order valence-corrected chi connectivity index (χ4v) is 3.50. The fourth-order valence-electron chi connectivity index (χ4n) is 2.17. The van der Waals surface area contributed by atoms with Gasteiger partial charge in [-0.1, -0.05) is 23.7 Å². The fraction of sp³-hybridized carbons (Fsp3) is 0.111. The third kappa shape index (κ3) is 4.39. The summed E-state index contributed by atoms with van der Waals surface area (Å²) in [5, 5.41) is 5.93. The number of carbonyl (C=O) groups excluding carboxylic acids is 1. The average molecular weight is 438 g/mol. The number of hydrogen-bond acceptors (Lipinski definition) is 4. The highest BCUT2D eigenvalue weighted by Gasteiger charge is 2.12. The van der Waals surface area contributed by atoms with Crippen molar-refractivity contribution in [2.75, 3.05) is 11.9 Å². The molecule has 0 bridgehead atoms. The monoisotopic (exact) mass is 436 g/mol. The zero-order valence-corrected chi connectivity index (χ0v) is 16.4. The van der Waals surface area contributed by atoms with Gasteiger partial charge in [0.25, 0.3) is 5.91 Å². The van der Waals surface area contributed by atoms with Gasteiger partial charge in [0.15, 0.2) is 5.13 Å². The molecule has 3 aromatic rings. The number of ether oxygens (including phenoxy) is 1. The number of amides is 1. The van der Waals surface area contributed by atoms with Gasteiger partial charge in [-0.05, 0) is 53.2 Å².